The van der Waals surface area contributed by atoms with Crippen LogP contribution in [0.5, 0.6) is 5.75 Å². The van der Waals surface area contributed by atoms with Crippen LogP contribution in [0.2, 0.25) is 0 Å². The molecule has 0 radical (unpaired) electrons. The second kappa shape index (κ2) is 7.14. The SMILES string of the molecule is CN(CCOCC1CC1)C(=O)COc1ccc(N)cc1. The maximum absolute atomic E-state index is 11.8. The number of carbonyl (C=O) groups excluding carboxylic acids is 1. The third kappa shape index (κ3) is 5.09. The van der Waals surface area contributed by atoms with Gasteiger partial charge in [0.2, 0.25) is 0 Å². The average Bonchev–Trinajstić information content (AvgIpc) is 3.26. The number of nitrogens with two attached hydrogens (primary N) is 1. The molecule has 1 aromatic carbocycles. The summed E-state index contributed by atoms with van der Waals surface area (Å²) >= 11 is 0. The first kappa shape index (κ1) is 14.7. The van der Waals surface area contributed by atoms with Crippen LogP contribution in [0, 0.1) is 5.92 Å². The van der Waals surface area contributed by atoms with Gasteiger partial charge in [0.15, 0.2) is 6.61 Å². The van der Waals surface area contributed by atoms with E-state index < -0.39 is 0 Å². The standard InChI is InChI=1S/C15H22N2O3/c1-17(8-9-19-10-12-2-3-12)15(18)11-20-14-6-4-13(16)5-7-14/h4-7,12H,2-3,8-11,16H2,1H3. The molecular weight excluding hydrogens is 256 g/mol. The number of nitrogens with zero attached hydrogens (tertiary/aromatic N) is 1. The first-order chi connectivity index (χ1) is 9.65. The average molecular weight is 278 g/mol. The normalized spacial score (nSPS) is 14.1. The van der Waals surface area contributed by atoms with Gasteiger partial charge >= 0.3 is 0 Å². The molecule has 0 unspecified atom stereocenters. The molecule has 1 fully saturated rings. The molecule has 0 aromatic heterocycles. The number of anilines is 1. The third-order valence-corrected chi connectivity index (χ3v) is 3.29. The largest absolute Gasteiger partial charge is 0.484 e. The molecule has 1 amide bonds. The summed E-state index contributed by atoms with van der Waals surface area (Å²) in [7, 11) is 1.76. The summed E-state index contributed by atoms with van der Waals surface area (Å²) in [5.41, 5.74) is 6.25. The van der Waals surface area contributed by atoms with Crippen LogP contribution in [0.1, 0.15) is 12.8 Å². The number of ether oxygens (including phenoxy) is 2. The fourth-order valence-electron chi connectivity index (χ4n) is 1.68. The van der Waals surface area contributed by atoms with Crippen LogP contribution in [0.4, 0.5) is 5.69 Å². The lowest BCUT2D eigenvalue weighted by Crippen LogP contribution is -2.34. The molecule has 5 nitrogen and oxygen atoms in total. The van der Waals surface area contributed by atoms with Crippen molar-refractivity contribution >= 4 is 11.6 Å². The van der Waals surface area contributed by atoms with Crippen molar-refractivity contribution in [1.29, 1.82) is 0 Å². The molecule has 1 aliphatic carbocycles. The van der Waals surface area contributed by atoms with Crippen molar-refractivity contribution < 1.29 is 14.3 Å². The number of hydrogen-bond donors (Lipinski definition) is 1. The van der Waals surface area contributed by atoms with Gasteiger partial charge in [0.25, 0.3) is 5.91 Å². The number of hydrogen-bond acceptors (Lipinski definition) is 4. The zero-order chi connectivity index (χ0) is 14.4. The summed E-state index contributed by atoms with van der Waals surface area (Å²) < 4.78 is 10.9. The third-order valence-electron chi connectivity index (χ3n) is 3.29. The smallest absolute Gasteiger partial charge is 0.260 e. The Balaban J connectivity index is 1.61. The molecule has 0 bridgehead atoms. The number of likely N-dealkylation sites (N-methyl/N-ethyl adjacent to an activating group) is 1. The fourth-order valence-corrected chi connectivity index (χ4v) is 1.68. The van der Waals surface area contributed by atoms with E-state index in [0.717, 1.165) is 12.5 Å². The molecule has 1 saturated carbocycles. The molecule has 0 spiro atoms. The highest BCUT2D eigenvalue weighted by molar-refractivity contribution is 5.77. The van der Waals surface area contributed by atoms with E-state index in [1.165, 1.54) is 12.8 Å². The van der Waals surface area contributed by atoms with E-state index >= 15 is 0 Å². The van der Waals surface area contributed by atoms with Crippen LogP contribution in [-0.4, -0.2) is 44.2 Å². The van der Waals surface area contributed by atoms with Gasteiger partial charge in [0.1, 0.15) is 5.75 Å². The molecule has 20 heavy (non-hydrogen) atoms. The number of amides is 1. The highest BCUT2D eigenvalue weighted by Gasteiger charge is 2.21. The van der Waals surface area contributed by atoms with Gasteiger partial charge in [0, 0.05) is 25.9 Å². The molecule has 2 rings (SSSR count). The number of nitrogen functional groups attached to an aromatic ring is 1. The lowest BCUT2D eigenvalue weighted by atomic mass is 10.3. The van der Waals surface area contributed by atoms with Gasteiger partial charge in [-0.2, -0.15) is 0 Å². The quantitative estimate of drug-likeness (QED) is 0.578. The van der Waals surface area contributed by atoms with Crippen LogP contribution in [0.15, 0.2) is 24.3 Å². The molecule has 2 N–H and O–H groups in total. The Morgan fingerprint density at radius 3 is 2.70 bits per heavy atom. The summed E-state index contributed by atoms with van der Waals surface area (Å²) in [5.74, 6) is 1.34. The zero-order valence-corrected chi connectivity index (χ0v) is 11.9. The Morgan fingerprint density at radius 1 is 1.35 bits per heavy atom. The fraction of sp³-hybridized carbons (Fsp3) is 0.533. The predicted molar refractivity (Wildman–Crippen MR) is 77.5 cm³/mol. The number of carbonyl (C=O) groups is 1. The molecule has 110 valence electrons. The van der Waals surface area contributed by atoms with Gasteiger partial charge < -0.3 is 20.1 Å². The second-order valence-electron chi connectivity index (χ2n) is 5.19. The van der Waals surface area contributed by atoms with Crippen LogP contribution in [0.3, 0.4) is 0 Å². The Morgan fingerprint density at radius 2 is 2.05 bits per heavy atom. The van der Waals surface area contributed by atoms with Gasteiger partial charge in [-0.3, -0.25) is 4.79 Å². The van der Waals surface area contributed by atoms with Crippen molar-refractivity contribution in [3.63, 3.8) is 0 Å². The van der Waals surface area contributed by atoms with Crippen LogP contribution in [0.25, 0.3) is 0 Å². The van der Waals surface area contributed by atoms with E-state index in [-0.39, 0.29) is 12.5 Å². The molecule has 5 heteroatoms. The van der Waals surface area contributed by atoms with Gasteiger partial charge in [-0.1, -0.05) is 0 Å². The molecule has 0 saturated heterocycles. The van der Waals surface area contributed by atoms with Gasteiger partial charge in [-0.15, -0.1) is 0 Å². The van der Waals surface area contributed by atoms with E-state index in [4.69, 9.17) is 15.2 Å². The van der Waals surface area contributed by atoms with Crippen LogP contribution in [-0.2, 0) is 9.53 Å². The topological polar surface area (TPSA) is 64.8 Å². The minimum Gasteiger partial charge on any atom is -0.484 e. The molecule has 0 atom stereocenters. The van der Waals surface area contributed by atoms with Gasteiger partial charge in [-0.05, 0) is 43.0 Å². The maximum atomic E-state index is 11.8. The number of rotatable bonds is 8. The minimum atomic E-state index is -0.0585. The van der Waals surface area contributed by atoms with E-state index in [9.17, 15) is 4.79 Å². The van der Waals surface area contributed by atoms with Gasteiger partial charge in [-0.25, -0.2) is 0 Å². The predicted octanol–water partition coefficient (Wildman–Crippen LogP) is 1.53. The highest BCUT2D eigenvalue weighted by atomic mass is 16.5. The summed E-state index contributed by atoms with van der Waals surface area (Å²) in [6, 6.07) is 6.99. The second-order valence-corrected chi connectivity index (χ2v) is 5.19. The lowest BCUT2D eigenvalue weighted by molar-refractivity contribution is -0.132. The molecule has 0 heterocycles. The van der Waals surface area contributed by atoms with Crippen molar-refractivity contribution in [3.05, 3.63) is 24.3 Å². The van der Waals surface area contributed by atoms with Crippen molar-refractivity contribution in [2.24, 2.45) is 5.92 Å². The van der Waals surface area contributed by atoms with Crippen molar-refractivity contribution in [1.82, 2.24) is 4.90 Å². The van der Waals surface area contributed by atoms with Crippen molar-refractivity contribution in [3.8, 4) is 5.75 Å². The Hall–Kier alpha value is -1.75. The first-order valence-electron chi connectivity index (χ1n) is 6.95. The molecule has 0 aliphatic heterocycles. The van der Waals surface area contributed by atoms with E-state index in [0.29, 0.717) is 24.6 Å². The summed E-state index contributed by atoms with van der Waals surface area (Å²) in [6.07, 6.45) is 2.56. The summed E-state index contributed by atoms with van der Waals surface area (Å²) in [6.45, 7) is 2.03. The molecule has 1 aromatic rings. The lowest BCUT2D eigenvalue weighted by Gasteiger charge is -2.17. The minimum absolute atomic E-state index is 0.0308. The van der Waals surface area contributed by atoms with E-state index in [1.807, 2.05) is 0 Å². The van der Waals surface area contributed by atoms with Crippen LogP contribution >= 0.6 is 0 Å². The van der Waals surface area contributed by atoms with Gasteiger partial charge in [0.05, 0.1) is 6.61 Å². The van der Waals surface area contributed by atoms with Crippen LogP contribution < -0.4 is 10.5 Å². The number of benzene rings is 1. The highest BCUT2D eigenvalue weighted by Crippen LogP contribution is 2.28. The van der Waals surface area contributed by atoms with E-state index in [2.05, 4.69) is 0 Å². The van der Waals surface area contributed by atoms with Crippen molar-refractivity contribution in [2.75, 3.05) is 39.1 Å². The Kier molecular flexibility index (Phi) is 5.24. The monoisotopic (exact) mass is 278 g/mol. The Bertz CT molecular complexity index is 429. The molecule has 1 aliphatic rings. The summed E-state index contributed by atoms with van der Waals surface area (Å²) in [5, 5.41) is 0. The zero-order valence-electron chi connectivity index (χ0n) is 11.9. The summed E-state index contributed by atoms with van der Waals surface area (Å²) in [4.78, 5) is 13.5. The van der Waals surface area contributed by atoms with E-state index in [1.54, 1.807) is 36.2 Å². The van der Waals surface area contributed by atoms with Crippen molar-refractivity contribution in [2.45, 2.75) is 12.8 Å². The maximum Gasteiger partial charge on any atom is 0.260 e. The first-order valence-corrected chi connectivity index (χ1v) is 6.95. The Labute approximate surface area is 119 Å². The molecular formula is C15H22N2O3.